The van der Waals surface area contributed by atoms with Gasteiger partial charge in [0, 0.05) is 30.6 Å². The van der Waals surface area contributed by atoms with E-state index in [1.54, 1.807) is 13.3 Å². The lowest BCUT2D eigenvalue weighted by Gasteiger charge is -2.13. The third kappa shape index (κ3) is 1.57. The number of pyridine rings is 1. The Labute approximate surface area is 77.9 Å². The summed E-state index contributed by atoms with van der Waals surface area (Å²) in [5.74, 6) is 0. The van der Waals surface area contributed by atoms with Gasteiger partial charge in [-0.15, -0.1) is 0 Å². The highest BCUT2D eigenvalue weighted by atomic mass is 16.5. The molecule has 2 rings (SSSR count). The van der Waals surface area contributed by atoms with Crippen molar-refractivity contribution < 1.29 is 4.74 Å². The van der Waals surface area contributed by atoms with Crippen molar-refractivity contribution in [3.8, 4) is 0 Å². The van der Waals surface area contributed by atoms with Crippen LogP contribution in [0.2, 0.25) is 0 Å². The standard InChI is InChI=1S/C10H14N2O/c1-13-7-8-6-12-5-2-9(8)10(11)3-4-10/h2,5-6H,3-4,7,11H2,1H3. The van der Waals surface area contributed by atoms with Crippen LogP contribution in [0.25, 0.3) is 0 Å². The molecule has 0 atom stereocenters. The zero-order valence-electron chi connectivity index (χ0n) is 7.79. The van der Waals surface area contributed by atoms with Crippen molar-refractivity contribution in [1.29, 1.82) is 0 Å². The Morgan fingerprint density at radius 2 is 2.38 bits per heavy atom. The summed E-state index contributed by atoms with van der Waals surface area (Å²) in [5.41, 5.74) is 8.34. The van der Waals surface area contributed by atoms with E-state index in [9.17, 15) is 0 Å². The molecule has 0 aromatic carbocycles. The van der Waals surface area contributed by atoms with Crippen LogP contribution in [0.3, 0.4) is 0 Å². The first-order valence-corrected chi connectivity index (χ1v) is 4.47. The van der Waals surface area contributed by atoms with Gasteiger partial charge in [0.1, 0.15) is 0 Å². The normalized spacial score (nSPS) is 18.6. The number of rotatable bonds is 3. The SMILES string of the molecule is COCc1cnccc1C1(N)CC1. The average Bonchev–Trinajstić information content (AvgIpc) is 2.86. The smallest absolute Gasteiger partial charge is 0.0731 e. The molecule has 0 saturated heterocycles. The Kier molecular flexibility index (Phi) is 2.06. The highest BCUT2D eigenvalue weighted by molar-refractivity contribution is 5.34. The van der Waals surface area contributed by atoms with Crippen molar-refractivity contribution in [1.82, 2.24) is 4.98 Å². The molecule has 1 aromatic heterocycles. The van der Waals surface area contributed by atoms with Crippen molar-refractivity contribution in [2.75, 3.05) is 7.11 Å². The number of aromatic nitrogens is 1. The monoisotopic (exact) mass is 178 g/mol. The number of ether oxygens (including phenoxy) is 1. The van der Waals surface area contributed by atoms with E-state index in [-0.39, 0.29) is 5.54 Å². The molecule has 0 spiro atoms. The second kappa shape index (κ2) is 3.09. The maximum absolute atomic E-state index is 6.12. The summed E-state index contributed by atoms with van der Waals surface area (Å²) in [5, 5.41) is 0. The lowest BCUT2D eigenvalue weighted by molar-refractivity contribution is 0.183. The number of hydrogen-bond donors (Lipinski definition) is 1. The van der Waals surface area contributed by atoms with Gasteiger partial charge in [0.25, 0.3) is 0 Å². The fourth-order valence-corrected chi connectivity index (χ4v) is 1.59. The molecule has 1 fully saturated rings. The first kappa shape index (κ1) is 8.66. The van der Waals surface area contributed by atoms with Crippen LogP contribution in [0.5, 0.6) is 0 Å². The van der Waals surface area contributed by atoms with Gasteiger partial charge in [-0.3, -0.25) is 4.98 Å². The van der Waals surface area contributed by atoms with E-state index in [1.807, 2.05) is 12.3 Å². The van der Waals surface area contributed by atoms with Crippen molar-refractivity contribution in [2.24, 2.45) is 5.73 Å². The van der Waals surface area contributed by atoms with E-state index >= 15 is 0 Å². The molecule has 1 heterocycles. The van der Waals surface area contributed by atoms with Gasteiger partial charge >= 0.3 is 0 Å². The Bertz CT molecular complexity index is 308. The minimum absolute atomic E-state index is 0.0865. The van der Waals surface area contributed by atoms with Gasteiger partial charge in [0.2, 0.25) is 0 Å². The molecule has 0 bridgehead atoms. The van der Waals surface area contributed by atoms with Crippen molar-refractivity contribution in [3.63, 3.8) is 0 Å². The molecule has 1 aliphatic carbocycles. The first-order valence-electron chi connectivity index (χ1n) is 4.47. The van der Waals surface area contributed by atoms with E-state index in [0.717, 1.165) is 18.4 Å². The van der Waals surface area contributed by atoms with E-state index in [4.69, 9.17) is 10.5 Å². The highest BCUT2D eigenvalue weighted by Gasteiger charge is 2.41. The van der Waals surface area contributed by atoms with Crippen LogP contribution in [0, 0.1) is 0 Å². The summed E-state index contributed by atoms with van der Waals surface area (Å²) in [6.45, 7) is 0.599. The topological polar surface area (TPSA) is 48.1 Å². The largest absolute Gasteiger partial charge is 0.380 e. The molecule has 3 nitrogen and oxygen atoms in total. The molecule has 0 amide bonds. The lowest BCUT2D eigenvalue weighted by atomic mass is 10.0. The van der Waals surface area contributed by atoms with Crippen LogP contribution in [-0.4, -0.2) is 12.1 Å². The number of methoxy groups -OCH3 is 1. The maximum Gasteiger partial charge on any atom is 0.0731 e. The van der Waals surface area contributed by atoms with Gasteiger partial charge in [-0.05, 0) is 24.5 Å². The fraction of sp³-hybridized carbons (Fsp3) is 0.500. The average molecular weight is 178 g/mol. The first-order chi connectivity index (χ1) is 6.26. The maximum atomic E-state index is 6.12. The molecule has 0 aliphatic heterocycles. The van der Waals surface area contributed by atoms with Gasteiger partial charge in [0.15, 0.2) is 0 Å². The predicted octanol–water partition coefficient (Wildman–Crippen LogP) is 1.18. The molecular weight excluding hydrogens is 164 g/mol. The van der Waals surface area contributed by atoms with Gasteiger partial charge in [-0.2, -0.15) is 0 Å². The van der Waals surface area contributed by atoms with E-state index in [0.29, 0.717) is 6.61 Å². The molecule has 2 N–H and O–H groups in total. The number of nitrogens with zero attached hydrogens (tertiary/aromatic N) is 1. The number of nitrogens with two attached hydrogens (primary N) is 1. The molecule has 1 aliphatic rings. The van der Waals surface area contributed by atoms with Gasteiger partial charge < -0.3 is 10.5 Å². The minimum Gasteiger partial charge on any atom is -0.380 e. The Morgan fingerprint density at radius 3 is 3.00 bits per heavy atom. The third-order valence-electron chi connectivity index (χ3n) is 2.53. The Balaban J connectivity index is 2.32. The van der Waals surface area contributed by atoms with Crippen molar-refractivity contribution in [3.05, 3.63) is 29.6 Å². The zero-order chi connectivity index (χ0) is 9.31. The van der Waals surface area contributed by atoms with E-state index in [2.05, 4.69) is 4.98 Å². The zero-order valence-corrected chi connectivity index (χ0v) is 7.79. The predicted molar refractivity (Wildman–Crippen MR) is 50.0 cm³/mol. The second-order valence-electron chi connectivity index (χ2n) is 3.62. The van der Waals surface area contributed by atoms with Crippen LogP contribution >= 0.6 is 0 Å². The molecule has 3 heteroatoms. The van der Waals surface area contributed by atoms with E-state index < -0.39 is 0 Å². The highest BCUT2D eigenvalue weighted by Crippen LogP contribution is 2.43. The van der Waals surface area contributed by atoms with Crippen LogP contribution < -0.4 is 5.73 Å². The Morgan fingerprint density at radius 1 is 1.62 bits per heavy atom. The van der Waals surface area contributed by atoms with Crippen LogP contribution in [0.4, 0.5) is 0 Å². The molecule has 1 saturated carbocycles. The molecular formula is C10H14N2O. The molecule has 1 aromatic rings. The summed E-state index contributed by atoms with van der Waals surface area (Å²) >= 11 is 0. The van der Waals surface area contributed by atoms with Gasteiger partial charge in [-0.25, -0.2) is 0 Å². The molecule has 0 radical (unpaired) electrons. The van der Waals surface area contributed by atoms with Crippen LogP contribution in [-0.2, 0) is 16.9 Å². The van der Waals surface area contributed by atoms with Gasteiger partial charge in [0.05, 0.1) is 6.61 Å². The van der Waals surface area contributed by atoms with Crippen LogP contribution in [0.15, 0.2) is 18.5 Å². The van der Waals surface area contributed by atoms with Gasteiger partial charge in [-0.1, -0.05) is 0 Å². The van der Waals surface area contributed by atoms with Crippen molar-refractivity contribution in [2.45, 2.75) is 25.0 Å². The minimum atomic E-state index is -0.0865. The van der Waals surface area contributed by atoms with E-state index in [1.165, 1.54) is 5.56 Å². The summed E-state index contributed by atoms with van der Waals surface area (Å²) in [6.07, 6.45) is 5.79. The summed E-state index contributed by atoms with van der Waals surface area (Å²) < 4.78 is 5.10. The second-order valence-corrected chi connectivity index (χ2v) is 3.62. The summed E-state index contributed by atoms with van der Waals surface area (Å²) in [4.78, 5) is 4.07. The molecule has 13 heavy (non-hydrogen) atoms. The fourth-order valence-electron chi connectivity index (χ4n) is 1.59. The third-order valence-corrected chi connectivity index (χ3v) is 2.53. The molecule has 0 unspecified atom stereocenters. The quantitative estimate of drug-likeness (QED) is 0.756. The van der Waals surface area contributed by atoms with Crippen LogP contribution in [0.1, 0.15) is 24.0 Å². The molecule has 70 valence electrons. The van der Waals surface area contributed by atoms with Crippen molar-refractivity contribution >= 4 is 0 Å². The lowest BCUT2D eigenvalue weighted by Crippen LogP contribution is -2.21. The summed E-state index contributed by atoms with van der Waals surface area (Å²) in [6, 6.07) is 2.00. The Hall–Kier alpha value is -0.930. The number of hydrogen-bond acceptors (Lipinski definition) is 3. The summed E-state index contributed by atoms with van der Waals surface area (Å²) in [7, 11) is 1.69.